The van der Waals surface area contributed by atoms with Gasteiger partial charge in [0, 0.05) is 4.70 Å². The molecule has 4 nitrogen and oxygen atoms in total. The van der Waals surface area contributed by atoms with E-state index in [1.54, 1.807) is 22.2 Å². The van der Waals surface area contributed by atoms with E-state index in [4.69, 9.17) is 0 Å². The second-order valence-electron chi connectivity index (χ2n) is 3.35. The fourth-order valence-corrected chi connectivity index (χ4v) is 2.32. The highest BCUT2D eigenvalue weighted by Crippen LogP contribution is 2.22. The molecule has 0 bridgehead atoms. The molecule has 0 spiro atoms. The van der Waals surface area contributed by atoms with Crippen LogP contribution in [0.4, 0.5) is 0 Å². The summed E-state index contributed by atoms with van der Waals surface area (Å²) < 4.78 is 2.83. The molecule has 0 atom stereocenters. The first-order valence-corrected chi connectivity index (χ1v) is 5.60. The maximum atomic E-state index is 10.5. The van der Waals surface area contributed by atoms with Crippen molar-refractivity contribution in [3.63, 3.8) is 0 Å². The second kappa shape index (κ2) is 3.53. The minimum atomic E-state index is 0.338. The lowest BCUT2D eigenvalue weighted by Gasteiger charge is -1.99. The number of carbonyl (C=O) groups is 1. The number of hydrogen-bond donors (Lipinski definition) is 0. The Morgan fingerprint density at radius 3 is 3.06 bits per heavy atom. The Hall–Kier alpha value is -2.01. The van der Waals surface area contributed by atoms with Crippen LogP contribution in [0.15, 0.2) is 35.8 Å². The Labute approximate surface area is 95.1 Å². The van der Waals surface area contributed by atoms with Crippen molar-refractivity contribution < 1.29 is 4.79 Å². The second-order valence-corrected chi connectivity index (χ2v) is 4.30. The number of fused-ring (bicyclic) bond motifs is 1. The van der Waals surface area contributed by atoms with Gasteiger partial charge in [0.1, 0.15) is 5.69 Å². The number of rotatable bonds is 2. The largest absolute Gasteiger partial charge is 0.296 e. The molecule has 3 rings (SSSR count). The highest BCUT2D eigenvalue weighted by Gasteiger charge is 2.03. The SMILES string of the molecule is O=Cc1cn(-c2ccc3sccc3c2)nn1. The molecule has 16 heavy (non-hydrogen) atoms. The van der Waals surface area contributed by atoms with Crippen LogP contribution in [0.1, 0.15) is 10.5 Å². The minimum absolute atomic E-state index is 0.338. The lowest BCUT2D eigenvalue weighted by molar-refractivity contribution is 0.111. The first kappa shape index (κ1) is 9.23. The summed E-state index contributed by atoms with van der Waals surface area (Å²) in [6.07, 6.45) is 2.30. The van der Waals surface area contributed by atoms with Crippen molar-refractivity contribution in [2.45, 2.75) is 0 Å². The smallest absolute Gasteiger partial charge is 0.171 e. The summed E-state index contributed by atoms with van der Waals surface area (Å²) in [5, 5.41) is 10.8. The zero-order valence-corrected chi connectivity index (χ0v) is 9.02. The van der Waals surface area contributed by atoms with Gasteiger partial charge in [0.25, 0.3) is 0 Å². The van der Waals surface area contributed by atoms with Crippen molar-refractivity contribution in [3.8, 4) is 5.69 Å². The van der Waals surface area contributed by atoms with Crippen LogP contribution in [-0.2, 0) is 0 Å². The summed E-state index contributed by atoms with van der Waals surface area (Å²) in [5.41, 5.74) is 1.25. The van der Waals surface area contributed by atoms with Gasteiger partial charge < -0.3 is 0 Å². The minimum Gasteiger partial charge on any atom is -0.296 e. The molecule has 0 saturated heterocycles. The number of thiophene rings is 1. The Kier molecular flexibility index (Phi) is 2.04. The maximum absolute atomic E-state index is 10.5. The average molecular weight is 229 g/mol. The summed E-state index contributed by atoms with van der Waals surface area (Å²) in [6, 6.07) is 8.08. The summed E-state index contributed by atoms with van der Waals surface area (Å²) in [6.45, 7) is 0. The topological polar surface area (TPSA) is 47.8 Å². The molecule has 2 heterocycles. The highest BCUT2D eigenvalue weighted by molar-refractivity contribution is 7.17. The van der Waals surface area contributed by atoms with E-state index in [0.717, 1.165) is 5.69 Å². The summed E-state index contributed by atoms with van der Waals surface area (Å²) >= 11 is 1.70. The predicted molar refractivity (Wildman–Crippen MR) is 62.1 cm³/mol. The Balaban J connectivity index is 2.13. The van der Waals surface area contributed by atoms with E-state index < -0.39 is 0 Å². The number of aldehydes is 1. The van der Waals surface area contributed by atoms with Gasteiger partial charge in [-0.3, -0.25) is 4.79 Å². The van der Waals surface area contributed by atoms with Crippen molar-refractivity contribution >= 4 is 27.7 Å². The fraction of sp³-hybridized carbons (Fsp3) is 0. The summed E-state index contributed by atoms with van der Waals surface area (Å²) in [5.74, 6) is 0. The molecule has 1 aromatic carbocycles. The van der Waals surface area contributed by atoms with Gasteiger partial charge in [-0.15, -0.1) is 16.4 Å². The van der Waals surface area contributed by atoms with Gasteiger partial charge in [0.2, 0.25) is 0 Å². The molecule has 0 aliphatic rings. The van der Waals surface area contributed by atoms with E-state index in [9.17, 15) is 4.79 Å². The number of aromatic nitrogens is 3. The Bertz CT molecular complexity index is 656. The molecule has 5 heteroatoms. The third-order valence-electron chi connectivity index (χ3n) is 2.33. The van der Waals surface area contributed by atoms with E-state index in [0.29, 0.717) is 12.0 Å². The van der Waals surface area contributed by atoms with Crippen LogP contribution in [0.2, 0.25) is 0 Å². The lowest BCUT2D eigenvalue weighted by Crippen LogP contribution is -1.93. The quantitative estimate of drug-likeness (QED) is 0.633. The third-order valence-corrected chi connectivity index (χ3v) is 3.23. The number of benzene rings is 1. The van der Waals surface area contributed by atoms with E-state index in [1.807, 2.05) is 23.6 Å². The summed E-state index contributed by atoms with van der Waals surface area (Å²) in [7, 11) is 0. The van der Waals surface area contributed by atoms with Crippen molar-refractivity contribution in [3.05, 3.63) is 41.5 Å². The standard InChI is InChI=1S/C11H7N3OS/c15-7-9-6-14(13-12-9)10-1-2-11-8(5-10)3-4-16-11/h1-7H. The van der Waals surface area contributed by atoms with Gasteiger partial charge in [0.15, 0.2) is 6.29 Å². The van der Waals surface area contributed by atoms with Crippen LogP contribution in [-0.4, -0.2) is 21.3 Å². The molecule has 0 amide bonds. The average Bonchev–Trinajstić information content (AvgIpc) is 2.96. The molecule has 78 valence electrons. The third kappa shape index (κ3) is 1.42. The van der Waals surface area contributed by atoms with Crippen molar-refractivity contribution in [1.29, 1.82) is 0 Å². The molecule has 0 aliphatic heterocycles. The molecule has 0 saturated carbocycles. The van der Waals surface area contributed by atoms with Gasteiger partial charge in [0.05, 0.1) is 11.9 Å². The van der Waals surface area contributed by atoms with E-state index in [-0.39, 0.29) is 0 Å². The molecular formula is C11H7N3OS. The molecule has 0 radical (unpaired) electrons. The van der Waals surface area contributed by atoms with E-state index >= 15 is 0 Å². The van der Waals surface area contributed by atoms with Gasteiger partial charge in [-0.25, -0.2) is 4.68 Å². The maximum Gasteiger partial charge on any atom is 0.171 e. The van der Waals surface area contributed by atoms with Crippen molar-refractivity contribution in [2.24, 2.45) is 0 Å². The normalized spacial score (nSPS) is 10.8. The first-order chi connectivity index (χ1) is 7.86. The van der Waals surface area contributed by atoms with Crippen LogP contribution >= 0.6 is 11.3 Å². The van der Waals surface area contributed by atoms with Gasteiger partial charge in [-0.2, -0.15) is 0 Å². The Morgan fingerprint density at radius 2 is 2.25 bits per heavy atom. The van der Waals surface area contributed by atoms with Gasteiger partial charge >= 0.3 is 0 Å². The van der Waals surface area contributed by atoms with Crippen LogP contribution < -0.4 is 0 Å². The summed E-state index contributed by atoms with van der Waals surface area (Å²) in [4.78, 5) is 10.5. The van der Waals surface area contributed by atoms with Crippen LogP contribution in [0.25, 0.3) is 15.8 Å². The number of carbonyl (C=O) groups excluding carboxylic acids is 1. The Morgan fingerprint density at radius 1 is 1.31 bits per heavy atom. The molecule has 2 aromatic heterocycles. The monoisotopic (exact) mass is 229 g/mol. The molecular weight excluding hydrogens is 222 g/mol. The van der Waals surface area contributed by atoms with Crippen LogP contribution in [0.5, 0.6) is 0 Å². The predicted octanol–water partition coefficient (Wildman–Crippen LogP) is 2.29. The fourth-order valence-electron chi connectivity index (χ4n) is 1.55. The molecule has 0 unspecified atom stereocenters. The number of hydrogen-bond acceptors (Lipinski definition) is 4. The molecule has 3 aromatic rings. The lowest BCUT2D eigenvalue weighted by atomic mass is 10.2. The van der Waals surface area contributed by atoms with Crippen LogP contribution in [0.3, 0.4) is 0 Å². The molecule has 0 aliphatic carbocycles. The van der Waals surface area contributed by atoms with E-state index in [2.05, 4.69) is 16.4 Å². The molecule has 0 N–H and O–H groups in total. The highest BCUT2D eigenvalue weighted by atomic mass is 32.1. The number of nitrogens with zero attached hydrogens (tertiary/aromatic N) is 3. The van der Waals surface area contributed by atoms with Crippen molar-refractivity contribution in [1.82, 2.24) is 15.0 Å². The van der Waals surface area contributed by atoms with Crippen LogP contribution in [0, 0.1) is 0 Å². The zero-order chi connectivity index (χ0) is 11.0. The zero-order valence-electron chi connectivity index (χ0n) is 8.20. The molecule has 0 fully saturated rings. The van der Waals surface area contributed by atoms with E-state index in [1.165, 1.54) is 10.1 Å². The van der Waals surface area contributed by atoms with Gasteiger partial charge in [-0.05, 0) is 35.0 Å². The van der Waals surface area contributed by atoms with Crippen molar-refractivity contribution in [2.75, 3.05) is 0 Å². The first-order valence-electron chi connectivity index (χ1n) is 4.72. The van der Waals surface area contributed by atoms with Gasteiger partial charge in [-0.1, -0.05) is 5.21 Å².